The molecule has 1 aliphatic heterocycles. The van der Waals surface area contributed by atoms with Crippen molar-refractivity contribution in [1.29, 1.82) is 0 Å². The summed E-state index contributed by atoms with van der Waals surface area (Å²) in [5.74, 6) is -0.135. The van der Waals surface area contributed by atoms with Crippen LogP contribution in [0.25, 0.3) is 10.1 Å². The molecular formula is C17H17ClN4O3S2. The first kappa shape index (κ1) is 18.4. The fourth-order valence-corrected chi connectivity index (χ4v) is 4.92. The summed E-state index contributed by atoms with van der Waals surface area (Å²) in [6.45, 7) is 2.49. The van der Waals surface area contributed by atoms with Gasteiger partial charge in [-0.2, -0.15) is 0 Å². The Labute approximate surface area is 170 Å². The van der Waals surface area contributed by atoms with Crippen LogP contribution in [0.2, 0.25) is 5.02 Å². The number of benzene rings is 1. The number of hydrogen-bond acceptors (Lipinski definition) is 5. The number of nitrogens with zero attached hydrogens (tertiary/aromatic N) is 3. The average Bonchev–Trinajstić information content (AvgIpc) is 3.42. The standard InChI is InChI=1S/C17H17ClN4O3S2/c18-14-12-4-3-11(22(24)25)9-13(12)27-15(14)16(23)20-5-7-21(8-6-20)17(26)19-10-1-2-10/h3-4,9-10H,1-2,5-8H2,(H,19,26). The summed E-state index contributed by atoms with van der Waals surface area (Å²) in [7, 11) is 0. The molecule has 27 heavy (non-hydrogen) atoms. The lowest BCUT2D eigenvalue weighted by Gasteiger charge is -2.36. The highest BCUT2D eigenvalue weighted by Crippen LogP contribution is 2.38. The van der Waals surface area contributed by atoms with E-state index in [2.05, 4.69) is 10.2 Å². The van der Waals surface area contributed by atoms with Crippen molar-refractivity contribution in [3.05, 3.63) is 38.2 Å². The molecule has 0 radical (unpaired) electrons. The molecule has 142 valence electrons. The van der Waals surface area contributed by atoms with Gasteiger partial charge >= 0.3 is 0 Å². The maximum absolute atomic E-state index is 12.9. The van der Waals surface area contributed by atoms with Crippen LogP contribution in [0.5, 0.6) is 0 Å². The Hall–Kier alpha value is -1.97. The Bertz CT molecular complexity index is 936. The zero-order valence-electron chi connectivity index (χ0n) is 14.3. The lowest BCUT2D eigenvalue weighted by molar-refractivity contribution is -0.384. The number of non-ortho nitro benzene ring substituents is 1. The van der Waals surface area contributed by atoms with E-state index in [-0.39, 0.29) is 11.6 Å². The van der Waals surface area contributed by atoms with Crippen LogP contribution in [0, 0.1) is 10.1 Å². The van der Waals surface area contributed by atoms with E-state index in [9.17, 15) is 14.9 Å². The lowest BCUT2D eigenvalue weighted by Crippen LogP contribution is -2.53. The number of carbonyl (C=O) groups excluding carboxylic acids is 1. The molecule has 0 atom stereocenters. The molecule has 1 saturated carbocycles. The second-order valence-corrected chi connectivity index (χ2v) is 8.50. The van der Waals surface area contributed by atoms with Crippen molar-refractivity contribution < 1.29 is 9.72 Å². The number of nitro groups is 1. The minimum atomic E-state index is -0.452. The quantitative estimate of drug-likeness (QED) is 0.463. The summed E-state index contributed by atoms with van der Waals surface area (Å²) in [6.07, 6.45) is 2.34. The molecule has 0 unspecified atom stereocenters. The van der Waals surface area contributed by atoms with Crippen molar-refractivity contribution >= 4 is 61.9 Å². The van der Waals surface area contributed by atoms with Crippen LogP contribution in [0.3, 0.4) is 0 Å². The van der Waals surface area contributed by atoms with Gasteiger partial charge in [0.1, 0.15) is 4.88 Å². The first-order valence-corrected chi connectivity index (χ1v) is 10.3. The van der Waals surface area contributed by atoms with Crippen molar-refractivity contribution in [1.82, 2.24) is 15.1 Å². The molecule has 2 aromatic rings. The van der Waals surface area contributed by atoms with Crippen molar-refractivity contribution in [2.24, 2.45) is 0 Å². The highest BCUT2D eigenvalue weighted by atomic mass is 35.5. The first-order chi connectivity index (χ1) is 12.9. The summed E-state index contributed by atoms with van der Waals surface area (Å²) in [6, 6.07) is 4.98. The van der Waals surface area contributed by atoms with Gasteiger partial charge in [-0.25, -0.2) is 0 Å². The van der Waals surface area contributed by atoms with Crippen LogP contribution in [0.4, 0.5) is 5.69 Å². The monoisotopic (exact) mass is 424 g/mol. The number of carbonyl (C=O) groups is 1. The van der Waals surface area contributed by atoms with Gasteiger partial charge < -0.3 is 15.1 Å². The third-order valence-corrected chi connectivity index (χ3v) is 6.80. The third-order valence-electron chi connectivity index (χ3n) is 4.78. The lowest BCUT2D eigenvalue weighted by atomic mass is 10.2. The Morgan fingerprint density at radius 1 is 1.26 bits per heavy atom. The number of rotatable bonds is 3. The van der Waals surface area contributed by atoms with E-state index in [4.69, 9.17) is 23.8 Å². The molecule has 2 heterocycles. The van der Waals surface area contributed by atoms with Gasteiger partial charge in [-0.05, 0) is 31.1 Å². The summed E-state index contributed by atoms with van der Waals surface area (Å²) in [5, 5.41) is 16.1. The largest absolute Gasteiger partial charge is 0.360 e. The van der Waals surface area contributed by atoms with Crippen LogP contribution in [0.1, 0.15) is 22.5 Å². The van der Waals surface area contributed by atoms with E-state index in [0.717, 1.165) is 5.11 Å². The van der Waals surface area contributed by atoms with Gasteiger partial charge in [0.2, 0.25) is 0 Å². The Kier molecular flexibility index (Phi) is 4.92. The Morgan fingerprint density at radius 3 is 2.56 bits per heavy atom. The second-order valence-electron chi connectivity index (χ2n) is 6.69. The molecule has 2 aliphatic rings. The van der Waals surface area contributed by atoms with Crippen molar-refractivity contribution in [2.45, 2.75) is 18.9 Å². The first-order valence-electron chi connectivity index (χ1n) is 8.65. The predicted molar refractivity (Wildman–Crippen MR) is 110 cm³/mol. The van der Waals surface area contributed by atoms with Crippen molar-refractivity contribution in [3.63, 3.8) is 0 Å². The van der Waals surface area contributed by atoms with Crippen LogP contribution in [-0.4, -0.2) is 58.0 Å². The normalized spacial score (nSPS) is 17.2. The topological polar surface area (TPSA) is 78.7 Å². The minimum absolute atomic E-state index is 0.00953. The molecule has 4 rings (SSSR count). The number of fused-ring (bicyclic) bond motifs is 1. The number of hydrogen-bond donors (Lipinski definition) is 1. The molecule has 2 fully saturated rings. The SMILES string of the molecule is O=C(c1sc2cc([N+](=O)[O-])ccc2c1Cl)N1CCN(C(=S)NC2CC2)CC1. The van der Waals surface area contributed by atoms with Gasteiger partial charge in [0, 0.05) is 54.4 Å². The number of piperazine rings is 1. The molecule has 0 bridgehead atoms. The number of nitrogens with one attached hydrogen (secondary N) is 1. The molecule has 1 aliphatic carbocycles. The van der Waals surface area contributed by atoms with Crippen molar-refractivity contribution in [3.8, 4) is 0 Å². The van der Waals surface area contributed by atoms with E-state index in [0.29, 0.717) is 52.2 Å². The highest BCUT2D eigenvalue weighted by molar-refractivity contribution is 7.80. The van der Waals surface area contributed by atoms with Crippen LogP contribution < -0.4 is 5.32 Å². The zero-order valence-corrected chi connectivity index (χ0v) is 16.7. The van der Waals surface area contributed by atoms with Gasteiger partial charge in [-0.3, -0.25) is 14.9 Å². The Morgan fingerprint density at radius 2 is 1.93 bits per heavy atom. The third kappa shape index (κ3) is 3.71. The molecule has 0 spiro atoms. The number of halogens is 1. The Balaban J connectivity index is 1.47. The van der Waals surface area contributed by atoms with E-state index in [1.54, 1.807) is 11.0 Å². The molecule has 1 amide bonds. The summed E-state index contributed by atoms with van der Waals surface area (Å²) < 4.78 is 0.644. The van der Waals surface area contributed by atoms with Crippen LogP contribution in [0.15, 0.2) is 18.2 Å². The van der Waals surface area contributed by atoms with E-state index < -0.39 is 4.92 Å². The van der Waals surface area contributed by atoms with Gasteiger partial charge in [0.05, 0.1) is 9.95 Å². The van der Waals surface area contributed by atoms with E-state index >= 15 is 0 Å². The fourth-order valence-electron chi connectivity index (χ4n) is 3.05. The maximum Gasteiger partial charge on any atom is 0.270 e. The van der Waals surface area contributed by atoms with Gasteiger partial charge in [-0.15, -0.1) is 11.3 Å². The van der Waals surface area contributed by atoms with E-state index in [1.807, 2.05) is 0 Å². The molecule has 10 heteroatoms. The number of nitro benzene ring substituents is 1. The van der Waals surface area contributed by atoms with E-state index in [1.165, 1.54) is 36.3 Å². The number of thiocarbonyl (C=S) groups is 1. The van der Waals surface area contributed by atoms with Crippen molar-refractivity contribution in [2.75, 3.05) is 26.2 Å². The summed E-state index contributed by atoms with van der Waals surface area (Å²) in [5.41, 5.74) is -0.00953. The zero-order chi connectivity index (χ0) is 19.1. The number of amides is 1. The van der Waals surface area contributed by atoms with Gasteiger partial charge in [0.25, 0.3) is 11.6 Å². The molecule has 1 N–H and O–H groups in total. The summed E-state index contributed by atoms with van der Waals surface area (Å²) in [4.78, 5) is 27.7. The van der Waals surface area contributed by atoms with Crippen LogP contribution >= 0.6 is 35.2 Å². The highest BCUT2D eigenvalue weighted by Gasteiger charge is 2.29. The van der Waals surface area contributed by atoms with Gasteiger partial charge in [-0.1, -0.05) is 11.6 Å². The molecular weight excluding hydrogens is 408 g/mol. The maximum atomic E-state index is 12.9. The summed E-state index contributed by atoms with van der Waals surface area (Å²) >= 11 is 13.0. The second kappa shape index (κ2) is 7.21. The van der Waals surface area contributed by atoms with Gasteiger partial charge in [0.15, 0.2) is 5.11 Å². The fraction of sp³-hybridized carbons (Fsp3) is 0.412. The average molecular weight is 425 g/mol. The minimum Gasteiger partial charge on any atom is -0.360 e. The molecule has 1 aromatic heterocycles. The molecule has 7 nitrogen and oxygen atoms in total. The smallest absolute Gasteiger partial charge is 0.270 e. The van der Waals surface area contributed by atoms with Crippen LogP contribution in [-0.2, 0) is 0 Å². The number of thiophene rings is 1. The predicted octanol–water partition coefficient (Wildman–Crippen LogP) is 3.26. The molecule has 1 aromatic carbocycles. The molecule has 1 saturated heterocycles.